The molecule has 1 saturated heterocycles. The zero-order valence-corrected chi connectivity index (χ0v) is 10.9. The van der Waals surface area contributed by atoms with Gasteiger partial charge in [-0.15, -0.1) is 0 Å². The van der Waals surface area contributed by atoms with Gasteiger partial charge in [0.05, 0.1) is 6.33 Å². The number of amides is 1. The number of aromatic nitrogens is 4. The van der Waals surface area contributed by atoms with Crippen LogP contribution in [0.4, 0.5) is 0 Å². The van der Waals surface area contributed by atoms with Gasteiger partial charge in [0.1, 0.15) is 5.69 Å². The Labute approximate surface area is 111 Å². The molecule has 2 aromatic rings. The van der Waals surface area contributed by atoms with Gasteiger partial charge < -0.3 is 9.88 Å². The van der Waals surface area contributed by atoms with Crippen LogP contribution in [0.3, 0.4) is 0 Å². The molecule has 3 rings (SSSR count). The molecular formula is C13H17N5O. The van der Waals surface area contributed by atoms with Gasteiger partial charge >= 0.3 is 0 Å². The number of hydrogen-bond acceptors (Lipinski definition) is 3. The van der Waals surface area contributed by atoms with E-state index in [2.05, 4.69) is 15.1 Å². The first-order chi connectivity index (χ1) is 9.25. The lowest BCUT2D eigenvalue weighted by Gasteiger charge is -2.31. The zero-order valence-electron chi connectivity index (χ0n) is 10.9. The maximum absolute atomic E-state index is 12.3. The van der Waals surface area contributed by atoms with Crippen molar-refractivity contribution in [2.75, 3.05) is 13.1 Å². The fourth-order valence-corrected chi connectivity index (χ4v) is 2.63. The minimum atomic E-state index is 0.0723. The zero-order chi connectivity index (χ0) is 13.2. The monoisotopic (exact) mass is 259 g/mol. The van der Waals surface area contributed by atoms with Gasteiger partial charge in [-0.25, -0.2) is 4.98 Å². The van der Waals surface area contributed by atoms with Gasteiger partial charge in [-0.1, -0.05) is 0 Å². The molecule has 0 saturated carbocycles. The van der Waals surface area contributed by atoms with Crippen molar-refractivity contribution in [1.82, 2.24) is 24.6 Å². The van der Waals surface area contributed by atoms with Crippen molar-refractivity contribution in [2.24, 2.45) is 7.05 Å². The van der Waals surface area contributed by atoms with Crippen molar-refractivity contribution < 1.29 is 4.79 Å². The minimum Gasteiger partial charge on any atom is -0.348 e. The Morgan fingerprint density at radius 1 is 1.42 bits per heavy atom. The number of nitrogens with one attached hydrogen (secondary N) is 1. The van der Waals surface area contributed by atoms with E-state index in [1.807, 2.05) is 11.1 Å². The highest BCUT2D eigenvalue weighted by molar-refractivity contribution is 5.92. The normalized spacial score (nSPS) is 16.8. The summed E-state index contributed by atoms with van der Waals surface area (Å²) in [4.78, 5) is 21.4. The molecule has 1 fully saturated rings. The second-order valence-electron chi connectivity index (χ2n) is 4.91. The Bertz CT molecular complexity index is 551. The first-order valence-electron chi connectivity index (χ1n) is 6.51. The Morgan fingerprint density at radius 2 is 2.21 bits per heavy atom. The number of aryl methyl sites for hydroxylation is 1. The number of aromatic amines is 1. The molecule has 1 N–H and O–H groups in total. The summed E-state index contributed by atoms with van der Waals surface area (Å²) in [6.45, 7) is 1.57. The number of carbonyl (C=O) groups excluding carboxylic acids is 1. The predicted octanol–water partition coefficient (Wildman–Crippen LogP) is 1.16. The van der Waals surface area contributed by atoms with E-state index in [1.165, 1.54) is 5.69 Å². The molecule has 2 aromatic heterocycles. The van der Waals surface area contributed by atoms with Gasteiger partial charge in [0.2, 0.25) is 0 Å². The molecule has 0 aliphatic carbocycles. The molecular weight excluding hydrogens is 242 g/mol. The van der Waals surface area contributed by atoms with Crippen molar-refractivity contribution >= 4 is 5.91 Å². The SMILES string of the molecule is Cn1nccc1C(=O)N1CCC(c2cnc[nH]2)CC1. The van der Waals surface area contributed by atoms with Gasteiger partial charge in [0, 0.05) is 44.1 Å². The van der Waals surface area contributed by atoms with Gasteiger partial charge in [0.15, 0.2) is 0 Å². The molecule has 0 spiro atoms. The third-order valence-electron chi connectivity index (χ3n) is 3.78. The second-order valence-corrected chi connectivity index (χ2v) is 4.91. The van der Waals surface area contributed by atoms with Gasteiger partial charge in [-0.05, 0) is 18.9 Å². The van der Waals surface area contributed by atoms with E-state index in [0.717, 1.165) is 25.9 Å². The van der Waals surface area contributed by atoms with Crippen molar-refractivity contribution in [3.63, 3.8) is 0 Å². The van der Waals surface area contributed by atoms with Crippen molar-refractivity contribution in [1.29, 1.82) is 0 Å². The minimum absolute atomic E-state index is 0.0723. The molecule has 0 unspecified atom stereocenters. The Kier molecular flexibility index (Phi) is 3.06. The highest BCUT2D eigenvalue weighted by Crippen LogP contribution is 2.26. The van der Waals surface area contributed by atoms with Crippen LogP contribution in [-0.2, 0) is 7.05 Å². The summed E-state index contributed by atoms with van der Waals surface area (Å²) in [6.07, 6.45) is 7.20. The summed E-state index contributed by atoms with van der Waals surface area (Å²) in [5.41, 5.74) is 1.83. The molecule has 0 aromatic carbocycles. The van der Waals surface area contributed by atoms with E-state index in [4.69, 9.17) is 0 Å². The molecule has 0 bridgehead atoms. The summed E-state index contributed by atoms with van der Waals surface area (Å²) in [5, 5.41) is 4.04. The Morgan fingerprint density at radius 3 is 2.79 bits per heavy atom. The smallest absolute Gasteiger partial charge is 0.272 e. The number of rotatable bonds is 2. The number of likely N-dealkylation sites (tertiary alicyclic amines) is 1. The van der Waals surface area contributed by atoms with Crippen LogP contribution in [0, 0.1) is 0 Å². The van der Waals surface area contributed by atoms with Gasteiger partial charge in [0.25, 0.3) is 5.91 Å². The standard InChI is InChI=1S/C13H17N5O/c1-17-12(2-5-16-17)13(19)18-6-3-10(4-7-18)11-8-14-9-15-11/h2,5,8-10H,3-4,6-7H2,1H3,(H,14,15). The molecule has 19 heavy (non-hydrogen) atoms. The van der Waals surface area contributed by atoms with Crippen molar-refractivity contribution in [3.8, 4) is 0 Å². The molecule has 100 valence electrons. The maximum atomic E-state index is 12.3. The van der Waals surface area contributed by atoms with E-state index in [0.29, 0.717) is 11.6 Å². The lowest BCUT2D eigenvalue weighted by molar-refractivity contribution is 0.0701. The van der Waals surface area contributed by atoms with Crippen LogP contribution in [0.5, 0.6) is 0 Å². The first-order valence-corrected chi connectivity index (χ1v) is 6.51. The van der Waals surface area contributed by atoms with Crippen LogP contribution < -0.4 is 0 Å². The third kappa shape index (κ3) is 2.25. The fourth-order valence-electron chi connectivity index (χ4n) is 2.63. The molecule has 3 heterocycles. The summed E-state index contributed by atoms with van der Waals surface area (Å²) in [7, 11) is 1.80. The molecule has 6 heteroatoms. The van der Waals surface area contributed by atoms with E-state index < -0.39 is 0 Å². The molecule has 1 aliphatic heterocycles. The van der Waals surface area contributed by atoms with Gasteiger partial charge in [-0.2, -0.15) is 5.10 Å². The van der Waals surface area contributed by atoms with Crippen LogP contribution in [0.2, 0.25) is 0 Å². The van der Waals surface area contributed by atoms with E-state index in [9.17, 15) is 4.79 Å². The first kappa shape index (κ1) is 12.0. The molecule has 0 atom stereocenters. The molecule has 1 amide bonds. The number of H-pyrrole nitrogens is 1. The van der Waals surface area contributed by atoms with Crippen LogP contribution in [0.1, 0.15) is 34.9 Å². The molecule has 1 aliphatic rings. The summed E-state index contributed by atoms with van der Waals surface area (Å²) in [5.74, 6) is 0.557. The molecule has 6 nitrogen and oxygen atoms in total. The molecule has 0 radical (unpaired) electrons. The average Bonchev–Trinajstić information content (AvgIpc) is 3.09. The van der Waals surface area contributed by atoms with E-state index in [-0.39, 0.29) is 5.91 Å². The highest BCUT2D eigenvalue weighted by Gasteiger charge is 2.26. The summed E-state index contributed by atoms with van der Waals surface area (Å²) in [6, 6.07) is 1.77. The fraction of sp³-hybridized carbons (Fsp3) is 0.462. The lowest BCUT2D eigenvalue weighted by atomic mass is 9.94. The number of piperidine rings is 1. The topological polar surface area (TPSA) is 66.8 Å². The quantitative estimate of drug-likeness (QED) is 0.880. The lowest BCUT2D eigenvalue weighted by Crippen LogP contribution is -2.38. The highest BCUT2D eigenvalue weighted by atomic mass is 16.2. The summed E-state index contributed by atoms with van der Waals surface area (Å²) >= 11 is 0. The number of nitrogens with zero attached hydrogens (tertiary/aromatic N) is 4. The van der Waals surface area contributed by atoms with Crippen LogP contribution >= 0.6 is 0 Å². The number of imidazole rings is 1. The Hall–Kier alpha value is -2.11. The van der Waals surface area contributed by atoms with Crippen molar-refractivity contribution in [2.45, 2.75) is 18.8 Å². The third-order valence-corrected chi connectivity index (χ3v) is 3.78. The van der Waals surface area contributed by atoms with Gasteiger partial charge in [-0.3, -0.25) is 9.48 Å². The van der Waals surface area contributed by atoms with E-state index in [1.54, 1.807) is 30.3 Å². The number of carbonyl (C=O) groups is 1. The second kappa shape index (κ2) is 4.87. The van der Waals surface area contributed by atoms with Crippen LogP contribution in [0.25, 0.3) is 0 Å². The van der Waals surface area contributed by atoms with Crippen LogP contribution in [-0.4, -0.2) is 43.6 Å². The van der Waals surface area contributed by atoms with Crippen molar-refractivity contribution in [3.05, 3.63) is 36.2 Å². The maximum Gasteiger partial charge on any atom is 0.272 e. The largest absolute Gasteiger partial charge is 0.348 e. The summed E-state index contributed by atoms with van der Waals surface area (Å²) < 4.78 is 1.63. The van der Waals surface area contributed by atoms with E-state index >= 15 is 0 Å². The number of hydrogen-bond donors (Lipinski definition) is 1. The predicted molar refractivity (Wildman–Crippen MR) is 69.7 cm³/mol. The Balaban J connectivity index is 1.64. The average molecular weight is 259 g/mol. The van der Waals surface area contributed by atoms with Crippen LogP contribution in [0.15, 0.2) is 24.8 Å².